The summed E-state index contributed by atoms with van der Waals surface area (Å²) < 4.78 is 0. The number of thioether (sulfide) groups is 1. The second-order valence-electron chi connectivity index (χ2n) is 3.16. The summed E-state index contributed by atoms with van der Waals surface area (Å²) >= 11 is 1.66. The van der Waals surface area contributed by atoms with Crippen molar-refractivity contribution in [1.82, 2.24) is 0 Å². The summed E-state index contributed by atoms with van der Waals surface area (Å²) in [5.74, 6) is 0. The van der Waals surface area contributed by atoms with E-state index in [0.717, 1.165) is 10.5 Å². The van der Waals surface area contributed by atoms with Gasteiger partial charge in [0.1, 0.15) is 12.1 Å². The first-order valence-corrected chi connectivity index (χ1v) is 5.67. The van der Waals surface area contributed by atoms with Crippen LogP contribution in [0.15, 0.2) is 29.2 Å². The summed E-state index contributed by atoms with van der Waals surface area (Å²) in [5.41, 5.74) is 4.47. The Bertz CT molecular complexity index is 276. The maximum absolute atomic E-state index is 9.72. The topological polar surface area (TPSA) is 68.1 Å². The maximum atomic E-state index is 9.72. The molecule has 0 aliphatic heterocycles. The Balaban J connectivity index is 2.75. The number of aliphatic hydroxyl groups excluding tert-OH is 2. The first-order valence-electron chi connectivity index (χ1n) is 4.45. The fourth-order valence-corrected chi connectivity index (χ4v) is 1.58. The van der Waals surface area contributed by atoms with Crippen LogP contribution in [0.3, 0.4) is 0 Å². The Labute approximate surface area is 87.9 Å². The molecule has 0 unspecified atom stereocenters. The van der Waals surface area contributed by atoms with Gasteiger partial charge in [-0.1, -0.05) is 12.1 Å². The summed E-state index contributed by atoms with van der Waals surface area (Å²) in [7, 11) is 0. The van der Waals surface area contributed by atoms with Gasteiger partial charge in [0, 0.05) is 4.90 Å². The number of rotatable bonds is 4. The van der Waals surface area contributed by atoms with Crippen molar-refractivity contribution >= 4 is 11.8 Å². The molecule has 78 valence electrons. The predicted molar refractivity (Wildman–Crippen MR) is 56.9 cm³/mol. The molecular weight excluding hydrogens is 198 g/mol. The van der Waals surface area contributed by atoms with Crippen molar-refractivity contribution in [2.24, 2.45) is 0 Å². The van der Waals surface area contributed by atoms with Gasteiger partial charge in [-0.3, -0.25) is 0 Å². The molecule has 0 aromatic heterocycles. The molecule has 0 aliphatic rings. The highest BCUT2D eigenvalue weighted by Crippen LogP contribution is 2.19. The van der Waals surface area contributed by atoms with Crippen LogP contribution in [0.5, 0.6) is 0 Å². The molecule has 0 radical (unpaired) electrons. The van der Waals surface area contributed by atoms with Gasteiger partial charge in [0.15, 0.2) is 0 Å². The lowest BCUT2D eigenvalue weighted by Gasteiger charge is -2.14. The summed E-state index contributed by atoms with van der Waals surface area (Å²) in [6, 6.07) is 7.27. The van der Waals surface area contributed by atoms with Crippen LogP contribution in [0.25, 0.3) is 0 Å². The molecule has 14 heavy (non-hydrogen) atoms. The maximum Gasteiger partial charge on any atom is 0.138 e. The summed E-state index contributed by atoms with van der Waals surface area (Å²) in [6.07, 6.45) is 1.32. The fraction of sp³-hybridized carbons (Fsp3) is 0.400. The van der Waals surface area contributed by atoms with Gasteiger partial charge in [0.2, 0.25) is 0 Å². The smallest absolute Gasteiger partial charge is 0.138 e. The zero-order valence-corrected chi connectivity index (χ0v) is 9.00. The minimum Gasteiger partial charge on any atom is -0.390 e. The lowest BCUT2D eigenvalue weighted by Crippen LogP contribution is -2.65. The monoisotopic (exact) mass is 214 g/mol. The molecule has 1 rings (SSSR count). The van der Waals surface area contributed by atoms with Gasteiger partial charge in [0.25, 0.3) is 0 Å². The molecule has 4 heteroatoms. The molecule has 0 fully saturated rings. The zero-order valence-electron chi connectivity index (χ0n) is 8.18. The summed E-state index contributed by atoms with van der Waals surface area (Å²) in [4.78, 5) is 1.16. The van der Waals surface area contributed by atoms with E-state index in [0.29, 0.717) is 0 Å². The van der Waals surface area contributed by atoms with Crippen molar-refractivity contribution in [3.05, 3.63) is 29.8 Å². The highest BCUT2D eigenvalue weighted by Gasteiger charge is 2.18. The van der Waals surface area contributed by atoms with Gasteiger partial charge < -0.3 is 15.9 Å². The van der Waals surface area contributed by atoms with E-state index in [1.54, 1.807) is 11.8 Å². The van der Waals surface area contributed by atoms with E-state index in [9.17, 15) is 5.11 Å². The third-order valence-corrected chi connectivity index (χ3v) is 2.88. The van der Waals surface area contributed by atoms with Crippen LogP contribution in [0, 0.1) is 0 Å². The normalized spacial score (nSPS) is 15.1. The van der Waals surface area contributed by atoms with E-state index in [2.05, 4.69) is 5.73 Å². The van der Waals surface area contributed by atoms with Crippen molar-refractivity contribution in [2.75, 3.05) is 12.9 Å². The molecule has 0 saturated carbocycles. The molecule has 0 heterocycles. The molecule has 0 saturated heterocycles. The number of quaternary nitrogens is 1. The molecule has 5 N–H and O–H groups in total. The average Bonchev–Trinajstić information content (AvgIpc) is 2.27. The van der Waals surface area contributed by atoms with Crippen molar-refractivity contribution in [1.29, 1.82) is 0 Å². The number of aliphatic hydroxyl groups is 2. The van der Waals surface area contributed by atoms with Crippen LogP contribution < -0.4 is 5.73 Å². The first-order chi connectivity index (χ1) is 6.69. The van der Waals surface area contributed by atoms with Gasteiger partial charge in [-0.15, -0.1) is 11.8 Å². The molecule has 3 nitrogen and oxygen atoms in total. The van der Waals surface area contributed by atoms with Crippen LogP contribution in [0.1, 0.15) is 11.7 Å². The molecule has 1 aromatic carbocycles. The van der Waals surface area contributed by atoms with Gasteiger partial charge in [-0.2, -0.15) is 0 Å². The van der Waals surface area contributed by atoms with Crippen LogP contribution >= 0.6 is 11.8 Å². The minimum atomic E-state index is -0.684. The van der Waals surface area contributed by atoms with E-state index >= 15 is 0 Å². The van der Waals surface area contributed by atoms with E-state index in [-0.39, 0.29) is 12.6 Å². The second-order valence-corrected chi connectivity index (χ2v) is 4.04. The average molecular weight is 214 g/mol. The SMILES string of the molecule is CSc1ccc([C@@H](O)[C@@H]([NH3+])CO)cc1. The Morgan fingerprint density at radius 3 is 2.36 bits per heavy atom. The minimum absolute atomic E-state index is 0.106. The van der Waals surface area contributed by atoms with E-state index in [4.69, 9.17) is 5.11 Å². The third-order valence-electron chi connectivity index (χ3n) is 2.14. The molecular formula is C10H16NO2S+. The van der Waals surface area contributed by atoms with Gasteiger partial charge >= 0.3 is 0 Å². The van der Waals surface area contributed by atoms with Crippen LogP contribution in [-0.4, -0.2) is 29.1 Å². The molecule has 0 aliphatic carbocycles. The highest BCUT2D eigenvalue weighted by atomic mass is 32.2. The first kappa shape index (κ1) is 11.5. The molecule has 0 bridgehead atoms. The largest absolute Gasteiger partial charge is 0.390 e. The third kappa shape index (κ3) is 2.72. The van der Waals surface area contributed by atoms with Crippen LogP contribution in [-0.2, 0) is 0 Å². The van der Waals surface area contributed by atoms with E-state index in [1.807, 2.05) is 30.5 Å². The second kappa shape index (κ2) is 5.36. The highest BCUT2D eigenvalue weighted by molar-refractivity contribution is 7.98. The Kier molecular flexibility index (Phi) is 4.41. The molecule has 1 aromatic rings. The fourth-order valence-electron chi connectivity index (χ4n) is 1.17. The standard InChI is InChI=1S/C10H15NO2S/c1-14-8-4-2-7(3-5-8)10(13)9(11)6-12/h2-5,9-10,12-13H,6,11H2,1H3/p+1/t9-,10+/m0/s1. The van der Waals surface area contributed by atoms with Gasteiger partial charge in [-0.05, 0) is 24.0 Å². The lowest BCUT2D eigenvalue weighted by molar-refractivity contribution is -0.444. The molecule has 0 amide bonds. The van der Waals surface area contributed by atoms with Crippen molar-refractivity contribution in [3.8, 4) is 0 Å². The zero-order chi connectivity index (χ0) is 10.6. The molecule has 0 spiro atoms. The molecule has 2 atom stereocenters. The number of hydrogen-bond donors (Lipinski definition) is 3. The number of hydrogen-bond acceptors (Lipinski definition) is 3. The summed E-state index contributed by atoms with van der Waals surface area (Å²) in [6.45, 7) is -0.106. The Morgan fingerprint density at radius 1 is 1.36 bits per heavy atom. The van der Waals surface area contributed by atoms with Crippen LogP contribution in [0.4, 0.5) is 0 Å². The Hall–Kier alpha value is -0.550. The van der Waals surface area contributed by atoms with Crippen molar-refractivity contribution in [3.63, 3.8) is 0 Å². The van der Waals surface area contributed by atoms with Crippen molar-refractivity contribution in [2.45, 2.75) is 17.0 Å². The van der Waals surface area contributed by atoms with Crippen LogP contribution in [0.2, 0.25) is 0 Å². The van der Waals surface area contributed by atoms with Crippen molar-refractivity contribution < 1.29 is 15.9 Å². The quantitative estimate of drug-likeness (QED) is 0.620. The predicted octanol–water partition coefficient (Wildman–Crippen LogP) is 0.0447. The van der Waals surface area contributed by atoms with E-state index < -0.39 is 6.10 Å². The number of benzene rings is 1. The van der Waals surface area contributed by atoms with E-state index in [1.165, 1.54) is 0 Å². The van der Waals surface area contributed by atoms with Gasteiger partial charge in [-0.25, -0.2) is 0 Å². The lowest BCUT2D eigenvalue weighted by atomic mass is 10.0. The van der Waals surface area contributed by atoms with Gasteiger partial charge in [0.05, 0.1) is 6.61 Å². The Morgan fingerprint density at radius 2 is 1.93 bits per heavy atom. The summed E-state index contributed by atoms with van der Waals surface area (Å²) in [5, 5.41) is 18.6.